The van der Waals surface area contributed by atoms with E-state index < -0.39 is 0 Å². The maximum atomic E-state index is 4.18. The summed E-state index contributed by atoms with van der Waals surface area (Å²) in [5.74, 6) is 0. The molecule has 0 fully saturated rings. The predicted octanol–water partition coefficient (Wildman–Crippen LogP) is 5.29. The molecule has 136 valence electrons. The summed E-state index contributed by atoms with van der Waals surface area (Å²) in [7, 11) is 0. The minimum absolute atomic E-state index is 0.943. The first-order chi connectivity index (χ1) is 13.9. The molecule has 4 heterocycles. The van der Waals surface area contributed by atoms with Crippen LogP contribution in [0.15, 0.2) is 97.6 Å². The van der Waals surface area contributed by atoms with Crippen molar-refractivity contribution in [3.8, 4) is 0 Å². The van der Waals surface area contributed by atoms with Crippen molar-refractivity contribution < 1.29 is 0 Å². The summed E-state index contributed by atoms with van der Waals surface area (Å²) < 4.78 is 0. The van der Waals surface area contributed by atoms with E-state index in [2.05, 4.69) is 19.9 Å². The highest BCUT2D eigenvalue weighted by Gasteiger charge is 1.87. The molecule has 0 radical (unpaired) electrons. The number of aromatic nitrogens is 4. The molecule has 0 N–H and O–H groups in total. The molecule has 0 aliphatic carbocycles. The molecule has 4 aromatic rings. The van der Waals surface area contributed by atoms with Gasteiger partial charge in [-0.3, -0.25) is 19.9 Å². The van der Waals surface area contributed by atoms with E-state index in [1.165, 1.54) is 0 Å². The molecule has 4 aromatic heterocycles. The fourth-order valence-corrected chi connectivity index (χ4v) is 2.24. The van der Waals surface area contributed by atoms with Crippen molar-refractivity contribution in [2.24, 2.45) is 0 Å². The largest absolute Gasteiger partial charge is 0.257 e. The van der Waals surface area contributed by atoms with Crippen LogP contribution in [0.25, 0.3) is 24.3 Å². The quantitative estimate of drug-likeness (QED) is 0.493. The van der Waals surface area contributed by atoms with Crippen LogP contribution in [0.1, 0.15) is 22.8 Å². The van der Waals surface area contributed by atoms with Gasteiger partial charge < -0.3 is 0 Å². The van der Waals surface area contributed by atoms with Gasteiger partial charge in [0.05, 0.1) is 22.8 Å². The monoisotopic (exact) mass is 364 g/mol. The number of rotatable bonds is 4. The molecule has 0 aromatic carbocycles. The fourth-order valence-electron chi connectivity index (χ4n) is 2.24. The van der Waals surface area contributed by atoms with Gasteiger partial charge in [0, 0.05) is 24.8 Å². The SMILES string of the molecule is C(=Cc1ccccn1)c1ccccn1.C(=Cc1ccccn1)c1ccccn1. The normalized spacial score (nSPS) is 10.6. The summed E-state index contributed by atoms with van der Waals surface area (Å²) in [5, 5.41) is 0. The maximum Gasteiger partial charge on any atom is 0.0630 e. The van der Waals surface area contributed by atoms with Crippen molar-refractivity contribution >= 4 is 24.3 Å². The lowest BCUT2D eigenvalue weighted by molar-refractivity contribution is 1.28. The summed E-state index contributed by atoms with van der Waals surface area (Å²) in [4.78, 5) is 16.7. The molecule has 0 spiro atoms. The van der Waals surface area contributed by atoms with Crippen molar-refractivity contribution in [3.63, 3.8) is 0 Å². The molecule has 0 bridgehead atoms. The second-order valence-corrected chi connectivity index (χ2v) is 5.69. The zero-order valence-electron chi connectivity index (χ0n) is 15.3. The Labute approximate surface area is 165 Å². The van der Waals surface area contributed by atoms with E-state index in [1.807, 2.05) is 97.1 Å². The minimum atomic E-state index is 0.943. The second kappa shape index (κ2) is 10.9. The van der Waals surface area contributed by atoms with Gasteiger partial charge in [-0.05, 0) is 72.8 Å². The Morgan fingerprint density at radius 1 is 0.357 bits per heavy atom. The third kappa shape index (κ3) is 6.77. The molecular weight excluding hydrogens is 344 g/mol. The third-order valence-corrected chi connectivity index (χ3v) is 3.60. The molecule has 28 heavy (non-hydrogen) atoms. The Morgan fingerprint density at radius 3 is 0.786 bits per heavy atom. The zero-order chi connectivity index (χ0) is 19.3. The predicted molar refractivity (Wildman–Crippen MR) is 115 cm³/mol. The highest BCUT2D eigenvalue weighted by molar-refractivity contribution is 5.66. The van der Waals surface area contributed by atoms with Crippen LogP contribution in [0.3, 0.4) is 0 Å². The summed E-state index contributed by atoms with van der Waals surface area (Å²) in [6.07, 6.45) is 14.9. The van der Waals surface area contributed by atoms with Crippen LogP contribution in [0.5, 0.6) is 0 Å². The lowest BCUT2D eigenvalue weighted by atomic mass is 10.3. The van der Waals surface area contributed by atoms with Gasteiger partial charge in [-0.1, -0.05) is 24.3 Å². The van der Waals surface area contributed by atoms with Crippen molar-refractivity contribution in [2.45, 2.75) is 0 Å². The standard InChI is InChI=1S/2C12H10N2/c2*1-3-9-13-11(5-1)7-8-12-6-2-4-10-14-12/h2*1-10H. The van der Waals surface area contributed by atoms with E-state index in [-0.39, 0.29) is 0 Å². The molecule has 0 amide bonds. The van der Waals surface area contributed by atoms with Crippen molar-refractivity contribution in [2.75, 3.05) is 0 Å². The highest BCUT2D eigenvalue weighted by atomic mass is 14.7. The number of pyridine rings is 4. The van der Waals surface area contributed by atoms with Crippen LogP contribution in [-0.2, 0) is 0 Å². The summed E-state index contributed by atoms with van der Waals surface area (Å²) in [6, 6.07) is 23.3. The molecule has 0 atom stereocenters. The molecule has 4 heteroatoms. The first kappa shape index (κ1) is 18.9. The van der Waals surface area contributed by atoms with Crippen LogP contribution < -0.4 is 0 Å². The van der Waals surface area contributed by atoms with Gasteiger partial charge in [-0.2, -0.15) is 0 Å². The van der Waals surface area contributed by atoms with E-state index >= 15 is 0 Å². The molecule has 4 nitrogen and oxygen atoms in total. The van der Waals surface area contributed by atoms with E-state index in [4.69, 9.17) is 0 Å². The Morgan fingerprint density at radius 2 is 0.607 bits per heavy atom. The topological polar surface area (TPSA) is 51.6 Å². The zero-order valence-corrected chi connectivity index (χ0v) is 15.3. The van der Waals surface area contributed by atoms with Gasteiger partial charge in [0.15, 0.2) is 0 Å². The van der Waals surface area contributed by atoms with Gasteiger partial charge in [-0.15, -0.1) is 0 Å². The fraction of sp³-hybridized carbons (Fsp3) is 0. The second-order valence-electron chi connectivity index (χ2n) is 5.69. The van der Waals surface area contributed by atoms with E-state index in [0.717, 1.165) is 22.8 Å². The average Bonchev–Trinajstić information content (AvgIpc) is 2.80. The van der Waals surface area contributed by atoms with Gasteiger partial charge in [-0.25, -0.2) is 0 Å². The summed E-state index contributed by atoms with van der Waals surface area (Å²) >= 11 is 0. The Kier molecular flexibility index (Phi) is 7.36. The summed E-state index contributed by atoms with van der Waals surface area (Å²) in [6.45, 7) is 0. The van der Waals surface area contributed by atoms with Crippen LogP contribution in [0, 0.1) is 0 Å². The minimum Gasteiger partial charge on any atom is -0.257 e. The third-order valence-electron chi connectivity index (χ3n) is 3.60. The van der Waals surface area contributed by atoms with Crippen molar-refractivity contribution in [1.29, 1.82) is 0 Å². The lowest BCUT2D eigenvalue weighted by Crippen LogP contribution is -1.79. The van der Waals surface area contributed by atoms with Gasteiger partial charge in [0.2, 0.25) is 0 Å². The van der Waals surface area contributed by atoms with Crippen LogP contribution in [0.4, 0.5) is 0 Å². The van der Waals surface area contributed by atoms with Crippen LogP contribution in [-0.4, -0.2) is 19.9 Å². The molecule has 4 rings (SSSR count). The maximum absolute atomic E-state index is 4.18. The van der Waals surface area contributed by atoms with Crippen molar-refractivity contribution in [3.05, 3.63) is 120 Å². The van der Waals surface area contributed by atoms with Crippen LogP contribution in [0.2, 0.25) is 0 Å². The van der Waals surface area contributed by atoms with E-state index in [9.17, 15) is 0 Å². The Bertz CT molecular complexity index is 816. The van der Waals surface area contributed by atoms with Gasteiger partial charge in [0.25, 0.3) is 0 Å². The number of hydrogen-bond donors (Lipinski definition) is 0. The average molecular weight is 364 g/mol. The lowest BCUT2D eigenvalue weighted by Gasteiger charge is -1.91. The Balaban J connectivity index is 0.000000161. The first-order valence-corrected chi connectivity index (χ1v) is 8.90. The molecule has 0 aliphatic heterocycles. The molecule has 0 saturated carbocycles. The van der Waals surface area contributed by atoms with E-state index in [0.29, 0.717) is 0 Å². The first-order valence-electron chi connectivity index (χ1n) is 8.90. The Hall–Kier alpha value is -3.92. The molecule has 0 unspecified atom stereocenters. The molecular formula is C24H20N4. The molecule has 0 aliphatic rings. The number of hydrogen-bond acceptors (Lipinski definition) is 4. The number of nitrogens with zero attached hydrogens (tertiary/aromatic N) is 4. The summed E-state index contributed by atoms with van der Waals surface area (Å²) in [5.41, 5.74) is 3.77. The van der Waals surface area contributed by atoms with Gasteiger partial charge in [0.1, 0.15) is 0 Å². The smallest absolute Gasteiger partial charge is 0.0630 e. The van der Waals surface area contributed by atoms with Gasteiger partial charge >= 0.3 is 0 Å². The van der Waals surface area contributed by atoms with Crippen LogP contribution >= 0.6 is 0 Å². The van der Waals surface area contributed by atoms with Crippen molar-refractivity contribution in [1.82, 2.24) is 19.9 Å². The molecule has 0 saturated heterocycles. The van der Waals surface area contributed by atoms with E-state index in [1.54, 1.807) is 24.8 Å². The highest BCUT2D eigenvalue weighted by Crippen LogP contribution is 2.03.